The summed E-state index contributed by atoms with van der Waals surface area (Å²) in [5, 5.41) is 11.0. The van der Waals surface area contributed by atoms with Crippen LogP contribution in [0.25, 0.3) is 5.69 Å². The van der Waals surface area contributed by atoms with E-state index in [9.17, 15) is 10.1 Å². The highest BCUT2D eigenvalue weighted by Crippen LogP contribution is 2.30. The maximum absolute atomic E-state index is 11.0. The van der Waals surface area contributed by atoms with Crippen LogP contribution in [0.1, 0.15) is 19.7 Å². The number of nitro groups is 1. The summed E-state index contributed by atoms with van der Waals surface area (Å²) in [5.74, 6) is 1.08. The van der Waals surface area contributed by atoms with Crippen LogP contribution < -0.4 is 4.74 Å². The van der Waals surface area contributed by atoms with Crippen LogP contribution in [0.5, 0.6) is 5.75 Å². The predicted molar refractivity (Wildman–Crippen MR) is 70.7 cm³/mol. The lowest BCUT2D eigenvalue weighted by Crippen LogP contribution is -2.08. The zero-order chi connectivity index (χ0) is 14.0. The molecular formula is C13H15N3O3. The molecule has 100 valence electrons. The van der Waals surface area contributed by atoms with Crippen LogP contribution in [0.15, 0.2) is 30.6 Å². The van der Waals surface area contributed by atoms with Crippen molar-refractivity contribution in [2.45, 2.75) is 26.9 Å². The molecule has 0 amide bonds. The number of benzene rings is 1. The Bertz CT molecular complexity index is 605. The highest BCUT2D eigenvalue weighted by atomic mass is 16.6. The van der Waals surface area contributed by atoms with Gasteiger partial charge in [0.15, 0.2) is 5.75 Å². The van der Waals surface area contributed by atoms with E-state index in [1.807, 2.05) is 25.3 Å². The first kappa shape index (κ1) is 13.1. The van der Waals surface area contributed by atoms with Crippen LogP contribution >= 0.6 is 0 Å². The molecule has 1 aromatic heterocycles. The summed E-state index contributed by atoms with van der Waals surface area (Å²) in [6, 6.07) is 4.79. The standard InChI is InChI=1S/C13H15N3O3/c1-9(2)19-13-8-11(4-5-12(13)16(17)18)15-7-6-14-10(15)3/h4-9H,1-3H3. The molecule has 0 radical (unpaired) electrons. The van der Waals surface area contributed by atoms with Crippen molar-refractivity contribution in [2.24, 2.45) is 0 Å². The van der Waals surface area contributed by atoms with Gasteiger partial charge in [-0.2, -0.15) is 0 Å². The molecule has 0 aliphatic heterocycles. The van der Waals surface area contributed by atoms with E-state index in [-0.39, 0.29) is 17.5 Å². The molecule has 0 atom stereocenters. The largest absolute Gasteiger partial charge is 0.484 e. The molecule has 0 unspecified atom stereocenters. The van der Waals surface area contributed by atoms with Crippen molar-refractivity contribution in [3.05, 3.63) is 46.5 Å². The van der Waals surface area contributed by atoms with Crippen LogP contribution in [-0.2, 0) is 0 Å². The van der Waals surface area contributed by atoms with Gasteiger partial charge in [-0.05, 0) is 26.8 Å². The first-order chi connectivity index (χ1) is 8.99. The molecule has 2 aromatic rings. The summed E-state index contributed by atoms with van der Waals surface area (Å²) in [5.41, 5.74) is 0.756. The predicted octanol–water partition coefficient (Wildman–Crippen LogP) is 2.88. The zero-order valence-electron chi connectivity index (χ0n) is 11.0. The van der Waals surface area contributed by atoms with Crippen LogP contribution in [0.4, 0.5) is 5.69 Å². The fourth-order valence-electron chi connectivity index (χ4n) is 1.80. The second-order valence-electron chi connectivity index (χ2n) is 4.42. The van der Waals surface area contributed by atoms with E-state index in [4.69, 9.17) is 4.74 Å². The van der Waals surface area contributed by atoms with E-state index in [0.29, 0.717) is 0 Å². The third-order valence-electron chi connectivity index (χ3n) is 2.61. The van der Waals surface area contributed by atoms with E-state index in [0.717, 1.165) is 11.5 Å². The lowest BCUT2D eigenvalue weighted by molar-refractivity contribution is -0.386. The summed E-state index contributed by atoms with van der Waals surface area (Å²) < 4.78 is 7.35. The van der Waals surface area contributed by atoms with Crippen molar-refractivity contribution in [3.8, 4) is 11.4 Å². The van der Waals surface area contributed by atoms with Crippen molar-refractivity contribution in [2.75, 3.05) is 0 Å². The fourth-order valence-corrected chi connectivity index (χ4v) is 1.80. The van der Waals surface area contributed by atoms with Crippen LogP contribution in [0.2, 0.25) is 0 Å². The summed E-state index contributed by atoms with van der Waals surface area (Å²) in [4.78, 5) is 14.7. The number of aryl methyl sites for hydroxylation is 1. The maximum atomic E-state index is 11.0. The molecule has 0 saturated carbocycles. The molecule has 0 fully saturated rings. The average Bonchev–Trinajstić information content (AvgIpc) is 2.74. The minimum Gasteiger partial charge on any atom is -0.484 e. The van der Waals surface area contributed by atoms with Crippen molar-refractivity contribution in [1.82, 2.24) is 9.55 Å². The molecule has 2 rings (SSSR count). The zero-order valence-corrected chi connectivity index (χ0v) is 11.0. The van der Waals surface area contributed by atoms with Gasteiger partial charge in [0.1, 0.15) is 5.82 Å². The van der Waals surface area contributed by atoms with Crippen molar-refractivity contribution >= 4 is 5.69 Å². The third kappa shape index (κ3) is 2.73. The van der Waals surface area contributed by atoms with Gasteiger partial charge >= 0.3 is 5.69 Å². The highest BCUT2D eigenvalue weighted by molar-refractivity contribution is 5.53. The minimum atomic E-state index is -0.442. The van der Waals surface area contributed by atoms with Crippen LogP contribution in [-0.4, -0.2) is 20.6 Å². The van der Waals surface area contributed by atoms with E-state index >= 15 is 0 Å². The van der Waals surface area contributed by atoms with E-state index in [1.165, 1.54) is 6.07 Å². The molecule has 19 heavy (non-hydrogen) atoms. The Morgan fingerprint density at radius 3 is 2.68 bits per heavy atom. The van der Waals surface area contributed by atoms with E-state index in [2.05, 4.69) is 4.98 Å². The number of nitro benzene ring substituents is 1. The minimum absolute atomic E-state index is 0.0322. The number of rotatable bonds is 4. The molecule has 1 aromatic carbocycles. The van der Waals surface area contributed by atoms with Crippen molar-refractivity contribution in [3.63, 3.8) is 0 Å². The van der Waals surface area contributed by atoms with Gasteiger partial charge < -0.3 is 9.30 Å². The molecule has 6 heteroatoms. The first-order valence-electron chi connectivity index (χ1n) is 5.94. The Balaban J connectivity index is 2.49. The number of hydrogen-bond acceptors (Lipinski definition) is 4. The van der Waals surface area contributed by atoms with Gasteiger partial charge in [-0.15, -0.1) is 0 Å². The molecule has 0 saturated heterocycles. The van der Waals surface area contributed by atoms with Crippen molar-refractivity contribution < 1.29 is 9.66 Å². The maximum Gasteiger partial charge on any atom is 0.311 e. The Morgan fingerprint density at radius 1 is 1.42 bits per heavy atom. The van der Waals surface area contributed by atoms with Gasteiger partial charge in [0, 0.05) is 24.5 Å². The molecule has 1 heterocycles. The third-order valence-corrected chi connectivity index (χ3v) is 2.61. The SMILES string of the molecule is Cc1nccn1-c1ccc([N+](=O)[O-])c(OC(C)C)c1. The summed E-state index contributed by atoms with van der Waals surface area (Å²) in [6.07, 6.45) is 3.35. The van der Waals surface area contributed by atoms with Gasteiger partial charge in [0.2, 0.25) is 0 Å². The Labute approximate surface area is 110 Å². The lowest BCUT2D eigenvalue weighted by atomic mass is 10.2. The molecular weight excluding hydrogens is 246 g/mol. The van der Waals surface area contributed by atoms with Gasteiger partial charge in [-0.25, -0.2) is 4.98 Å². The molecule has 0 aliphatic carbocycles. The van der Waals surface area contributed by atoms with Crippen LogP contribution in [0.3, 0.4) is 0 Å². The second kappa shape index (κ2) is 5.09. The van der Waals surface area contributed by atoms with Gasteiger partial charge in [-0.3, -0.25) is 10.1 Å². The summed E-state index contributed by atoms with van der Waals surface area (Å²) in [7, 11) is 0. The normalized spacial score (nSPS) is 10.7. The molecule has 6 nitrogen and oxygen atoms in total. The fraction of sp³-hybridized carbons (Fsp3) is 0.308. The second-order valence-corrected chi connectivity index (χ2v) is 4.42. The number of nitrogens with zero attached hydrogens (tertiary/aromatic N) is 3. The van der Waals surface area contributed by atoms with E-state index < -0.39 is 4.92 Å². The van der Waals surface area contributed by atoms with Crippen LogP contribution in [0, 0.1) is 17.0 Å². The summed E-state index contributed by atoms with van der Waals surface area (Å²) in [6.45, 7) is 5.53. The number of imidazole rings is 1. The van der Waals surface area contributed by atoms with Gasteiger partial charge in [0.25, 0.3) is 0 Å². The van der Waals surface area contributed by atoms with Gasteiger partial charge in [-0.1, -0.05) is 0 Å². The summed E-state index contributed by atoms with van der Waals surface area (Å²) >= 11 is 0. The Kier molecular flexibility index (Phi) is 3.50. The molecule has 0 spiro atoms. The first-order valence-corrected chi connectivity index (χ1v) is 5.94. The monoisotopic (exact) mass is 261 g/mol. The molecule has 0 aliphatic rings. The molecule has 0 N–H and O–H groups in total. The quantitative estimate of drug-likeness (QED) is 0.626. The topological polar surface area (TPSA) is 70.2 Å². The Morgan fingerprint density at radius 2 is 2.16 bits per heavy atom. The number of hydrogen-bond donors (Lipinski definition) is 0. The van der Waals surface area contributed by atoms with E-state index in [1.54, 1.807) is 24.5 Å². The number of aromatic nitrogens is 2. The van der Waals surface area contributed by atoms with Crippen molar-refractivity contribution in [1.29, 1.82) is 0 Å². The number of ether oxygens (including phenoxy) is 1. The molecule has 0 bridgehead atoms. The lowest BCUT2D eigenvalue weighted by Gasteiger charge is -2.12. The smallest absolute Gasteiger partial charge is 0.311 e. The van der Waals surface area contributed by atoms with Gasteiger partial charge in [0.05, 0.1) is 16.7 Å². The average molecular weight is 261 g/mol. The highest BCUT2D eigenvalue weighted by Gasteiger charge is 2.17. The Hall–Kier alpha value is -2.37.